The van der Waals surface area contributed by atoms with Gasteiger partial charge in [0.05, 0.1) is 12.7 Å². The normalized spacial score (nSPS) is 9.67. The number of carboxylic acids is 1. The van der Waals surface area contributed by atoms with E-state index in [1.807, 2.05) is 0 Å². The molecule has 0 spiro atoms. The van der Waals surface area contributed by atoms with E-state index in [1.165, 1.54) is 0 Å². The molecule has 0 saturated heterocycles. The maximum absolute atomic E-state index is 10.8. The summed E-state index contributed by atoms with van der Waals surface area (Å²) in [5.41, 5.74) is 1.19. The number of carboxylic acid groups (broad SMARTS) is 1. The smallest absolute Gasteiger partial charge is 0.335 e. The molecule has 0 bridgehead atoms. The van der Waals surface area contributed by atoms with Crippen molar-refractivity contribution in [2.24, 2.45) is 0 Å². The van der Waals surface area contributed by atoms with Gasteiger partial charge in [0, 0.05) is 0 Å². The van der Waals surface area contributed by atoms with Crippen molar-refractivity contribution in [3.63, 3.8) is 0 Å². The van der Waals surface area contributed by atoms with Crippen LogP contribution in [0, 0.1) is 0 Å². The number of aromatic carboxylic acids is 1. The van der Waals surface area contributed by atoms with Gasteiger partial charge in [0.25, 0.3) is 0 Å². The van der Waals surface area contributed by atoms with Crippen LogP contribution in [0.4, 0.5) is 0 Å². The number of rotatable bonds is 5. The van der Waals surface area contributed by atoms with Crippen molar-refractivity contribution in [2.45, 2.75) is 12.8 Å². The zero-order valence-electron chi connectivity index (χ0n) is 8.69. The molecule has 0 atom stereocenters. The average molecular weight is 206 g/mol. The van der Waals surface area contributed by atoms with Crippen LogP contribution < -0.4 is 4.74 Å². The fraction of sp³-hybridized carbons (Fsp3) is 0.250. The standard InChI is InChI=1S/C12H14O3/c1-3-4-5-9-8-10(12(13)14)6-7-11(9)15-2/h3,6-8H,1,4-5H2,2H3,(H,13,14). The summed E-state index contributed by atoms with van der Waals surface area (Å²) in [4.78, 5) is 10.8. The van der Waals surface area contributed by atoms with Gasteiger partial charge in [-0.1, -0.05) is 6.08 Å². The van der Waals surface area contributed by atoms with E-state index in [1.54, 1.807) is 31.4 Å². The molecule has 3 heteroatoms. The van der Waals surface area contributed by atoms with Gasteiger partial charge in [-0.3, -0.25) is 0 Å². The number of hydrogen-bond acceptors (Lipinski definition) is 2. The van der Waals surface area contributed by atoms with Crippen LogP contribution in [0.5, 0.6) is 5.75 Å². The van der Waals surface area contributed by atoms with Crippen molar-refractivity contribution in [1.29, 1.82) is 0 Å². The summed E-state index contributed by atoms with van der Waals surface area (Å²) >= 11 is 0. The molecule has 0 radical (unpaired) electrons. The highest BCUT2D eigenvalue weighted by Crippen LogP contribution is 2.21. The van der Waals surface area contributed by atoms with Crippen LogP contribution in [-0.2, 0) is 6.42 Å². The SMILES string of the molecule is C=CCCc1cc(C(=O)O)ccc1OC. The molecule has 1 rings (SSSR count). The third-order valence-corrected chi connectivity index (χ3v) is 2.15. The lowest BCUT2D eigenvalue weighted by molar-refractivity contribution is 0.0696. The van der Waals surface area contributed by atoms with Crippen LogP contribution in [-0.4, -0.2) is 18.2 Å². The van der Waals surface area contributed by atoms with E-state index in [4.69, 9.17) is 9.84 Å². The van der Waals surface area contributed by atoms with Gasteiger partial charge in [0.2, 0.25) is 0 Å². The Hall–Kier alpha value is -1.77. The number of methoxy groups -OCH3 is 1. The number of carbonyl (C=O) groups is 1. The summed E-state index contributed by atoms with van der Waals surface area (Å²) in [5, 5.41) is 8.84. The molecule has 0 saturated carbocycles. The van der Waals surface area contributed by atoms with Gasteiger partial charge >= 0.3 is 5.97 Å². The first kappa shape index (κ1) is 11.3. The maximum atomic E-state index is 10.8. The topological polar surface area (TPSA) is 46.5 Å². The van der Waals surface area contributed by atoms with Crippen molar-refractivity contribution in [3.8, 4) is 5.75 Å². The minimum atomic E-state index is -0.919. The molecule has 0 amide bonds. The number of ether oxygens (including phenoxy) is 1. The Labute approximate surface area is 89.0 Å². The average Bonchev–Trinajstić information content (AvgIpc) is 2.25. The van der Waals surface area contributed by atoms with E-state index in [2.05, 4.69) is 6.58 Å². The third-order valence-electron chi connectivity index (χ3n) is 2.15. The van der Waals surface area contributed by atoms with Crippen molar-refractivity contribution in [2.75, 3.05) is 7.11 Å². The van der Waals surface area contributed by atoms with Gasteiger partial charge in [-0.2, -0.15) is 0 Å². The predicted octanol–water partition coefficient (Wildman–Crippen LogP) is 2.51. The predicted molar refractivity (Wildman–Crippen MR) is 58.5 cm³/mol. The summed E-state index contributed by atoms with van der Waals surface area (Å²) < 4.78 is 5.15. The van der Waals surface area contributed by atoms with Gasteiger partial charge < -0.3 is 9.84 Å². The summed E-state index contributed by atoms with van der Waals surface area (Å²) in [5.74, 6) is -0.195. The summed E-state index contributed by atoms with van der Waals surface area (Å²) in [6, 6.07) is 4.87. The Morgan fingerprint density at radius 3 is 2.87 bits per heavy atom. The fourth-order valence-corrected chi connectivity index (χ4v) is 1.36. The van der Waals surface area contributed by atoms with Crippen LogP contribution >= 0.6 is 0 Å². The van der Waals surface area contributed by atoms with Gasteiger partial charge in [0.1, 0.15) is 5.75 Å². The Kier molecular flexibility index (Phi) is 3.92. The molecule has 1 N–H and O–H groups in total. The number of aryl methyl sites for hydroxylation is 1. The quantitative estimate of drug-likeness (QED) is 0.753. The van der Waals surface area contributed by atoms with Crippen LogP contribution in [0.15, 0.2) is 30.9 Å². The lowest BCUT2D eigenvalue weighted by atomic mass is 10.1. The van der Waals surface area contributed by atoms with Gasteiger partial charge in [-0.05, 0) is 36.6 Å². The molecule has 0 aromatic heterocycles. The minimum Gasteiger partial charge on any atom is -0.496 e. The second kappa shape index (κ2) is 5.20. The number of allylic oxidation sites excluding steroid dienone is 1. The Morgan fingerprint density at radius 1 is 1.60 bits per heavy atom. The van der Waals surface area contributed by atoms with Crippen molar-refractivity contribution in [1.82, 2.24) is 0 Å². The Morgan fingerprint density at radius 2 is 2.33 bits per heavy atom. The van der Waals surface area contributed by atoms with E-state index < -0.39 is 5.97 Å². The van der Waals surface area contributed by atoms with E-state index in [0.29, 0.717) is 0 Å². The van der Waals surface area contributed by atoms with Gasteiger partial charge in [-0.25, -0.2) is 4.79 Å². The van der Waals surface area contributed by atoms with E-state index in [9.17, 15) is 4.79 Å². The Balaban J connectivity index is 3.01. The summed E-state index contributed by atoms with van der Waals surface area (Å²) in [7, 11) is 1.58. The highest BCUT2D eigenvalue weighted by molar-refractivity contribution is 5.88. The molecular weight excluding hydrogens is 192 g/mol. The summed E-state index contributed by atoms with van der Waals surface area (Å²) in [6.45, 7) is 3.63. The monoisotopic (exact) mass is 206 g/mol. The molecule has 0 unspecified atom stereocenters. The number of benzene rings is 1. The van der Waals surface area contributed by atoms with Crippen molar-refractivity contribution in [3.05, 3.63) is 42.0 Å². The van der Waals surface area contributed by atoms with E-state index in [0.717, 1.165) is 24.2 Å². The zero-order valence-corrected chi connectivity index (χ0v) is 8.69. The van der Waals surface area contributed by atoms with Crippen LogP contribution in [0.2, 0.25) is 0 Å². The van der Waals surface area contributed by atoms with Crippen molar-refractivity contribution >= 4 is 5.97 Å². The molecule has 3 nitrogen and oxygen atoms in total. The molecule has 15 heavy (non-hydrogen) atoms. The largest absolute Gasteiger partial charge is 0.496 e. The van der Waals surface area contributed by atoms with E-state index >= 15 is 0 Å². The molecule has 0 heterocycles. The van der Waals surface area contributed by atoms with Crippen LogP contribution in [0.25, 0.3) is 0 Å². The second-order valence-corrected chi connectivity index (χ2v) is 3.16. The summed E-state index contributed by atoms with van der Waals surface area (Å²) in [6.07, 6.45) is 3.35. The maximum Gasteiger partial charge on any atom is 0.335 e. The second-order valence-electron chi connectivity index (χ2n) is 3.16. The van der Waals surface area contributed by atoms with Crippen molar-refractivity contribution < 1.29 is 14.6 Å². The van der Waals surface area contributed by atoms with Gasteiger partial charge in [0.15, 0.2) is 0 Å². The molecule has 0 aliphatic carbocycles. The highest BCUT2D eigenvalue weighted by Gasteiger charge is 2.07. The molecule has 0 fully saturated rings. The van der Waals surface area contributed by atoms with Crippen LogP contribution in [0.3, 0.4) is 0 Å². The molecule has 0 aliphatic heterocycles. The molecule has 80 valence electrons. The first-order chi connectivity index (χ1) is 7.19. The molecule has 0 aliphatic rings. The molecule has 1 aromatic rings. The number of hydrogen-bond donors (Lipinski definition) is 1. The zero-order chi connectivity index (χ0) is 11.3. The third kappa shape index (κ3) is 2.84. The first-order valence-electron chi connectivity index (χ1n) is 4.70. The van der Waals surface area contributed by atoms with E-state index in [-0.39, 0.29) is 5.56 Å². The van der Waals surface area contributed by atoms with Gasteiger partial charge in [-0.15, -0.1) is 6.58 Å². The van der Waals surface area contributed by atoms with Crippen LogP contribution in [0.1, 0.15) is 22.3 Å². The fourth-order valence-electron chi connectivity index (χ4n) is 1.36. The molecule has 1 aromatic carbocycles. The molecular formula is C12H14O3. The lowest BCUT2D eigenvalue weighted by Gasteiger charge is -2.08. The minimum absolute atomic E-state index is 0.287. The lowest BCUT2D eigenvalue weighted by Crippen LogP contribution is -1.99. The first-order valence-corrected chi connectivity index (χ1v) is 4.70. The highest BCUT2D eigenvalue weighted by atomic mass is 16.5. The Bertz CT molecular complexity index is 369.